The lowest BCUT2D eigenvalue weighted by molar-refractivity contribution is 0.467. The van der Waals surface area contributed by atoms with Gasteiger partial charge < -0.3 is 10.8 Å². The Labute approximate surface area is 66.7 Å². The fourth-order valence-corrected chi connectivity index (χ4v) is 1.05. The minimum atomic E-state index is 0.322. The zero-order chi connectivity index (χ0) is 8.59. The predicted molar refractivity (Wildman–Crippen MR) is 46.7 cm³/mol. The molecule has 2 heteroatoms. The van der Waals surface area contributed by atoms with Crippen molar-refractivity contribution in [2.45, 2.75) is 20.8 Å². The molecule has 2 nitrogen and oxygen atoms in total. The van der Waals surface area contributed by atoms with Gasteiger partial charge in [-0.1, -0.05) is 0 Å². The maximum atomic E-state index is 9.49. The lowest BCUT2D eigenvalue weighted by Gasteiger charge is -2.08. The van der Waals surface area contributed by atoms with E-state index in [0.717, 1.165) is 16.7 Å². The van der Waals surface area contributed by atoms with Crippen LogP contribution in [0, 0.1) is 20.8 Å². The first-order chi connectivity index (χ1) is 5.04. The van der Waals surface area contributed by atoms with Crippen LogP contribution in [0.2, 0.25) is 0 Å². The van der Waals surface area contributed by atoms with Gasteiger partial charge in [-0.25, -0.2) is 0 Å². The van der Waals surface area contributed by atoms with E-state index in [2.05, 4.69) is 0 Å². The third-order valence-corrected chi connectivity index (χ3v) is 2.11. The average molecular weight is 151 g/mol. The van der Waals surface area contributed by atoms with E-state index in [1.807, 2.05) is 26.8 Å². The fourth-order valence-electron chi connectivity index (χ4n) is 1.05. The Hall–Kier alpha value is -1.18. The summed E-state index contributed by atoms with van der Waals surface area (Å²) in [6, 6.07) is 1.88. The highest BCUT2D eigenvalue weighted by Gasteiger charge is 2.05. The van der Waals surface area contributed by atoms with Crippen molar-refractivity contribution in [3.05, 3.63) is 22.8 Å². The van der Waals surface area contributed by atoms with Gasteiger partial charge in [0, 0.05) is 11.3 Å². The topological polar surface area (TPSA) is 46.2 Å². The van der Waals surface area contributed by atoms with Gasteiger partial charge in [-0.15, -0.1) is 0 Å². The number of phenols is 1. The standard InChI is InChI=1S/C9H13NO/c1-5-4-8(10)7(3)9(11)6(5)2/h4,11H,10H2,1-3H3. The molecule has 0 heterocycles. The average Bonchev–Trinajstić information content (AvgIpc) is 1.97. The second-order valence-corrected chi connectivity index (χ2v) is 2.88. The molecule has 0 spiro atoms. The van der Waals surface area contributed by atoms with E-state index in [4.69, 9.17) is 5.73 Å². The number of hydrogen-bond acceptors (Lipinski definition) is 2. The molecule has 0 aromatic heterocycles. The summed E-state index contributed by atoms with van der Waals surface area (Å²) in [4.78, 5) is 0. The SMILES string of the molecule is Cc1cc(N)c(C)c(O)c1C. The predicted octanol–water partition coefficient (Wildman–Crippen LogP) is 1.90. The van der Waals surface area contributed by atoms with Gasteiger partial charge in [0.25, 0.3) is 0 Å². The van der Waals surface area contributed by atoms with Gasteiger partial charge in [0.2, 0.25) is 0 Å². The van der Waals surface area contributed by atoms with Crippen LogP contribution >= 0.6 is 0 Å². The van der Waals surface area contributed by atoms with Crippen molar-refractivity contribution >= 4 is 5.69 Å². The van der Waals surface area contributed by atoms with Crippen LogP contribution in [0.25, 0.3) is 0 Å². The maximum absolute atomic E-state index is 9.49. The zero-order valence-electron chi connectivity index (χ0n) is 7.10. The normalized spacial score (nSPS) is 10.1. The quantitative estimate of drug-likeness (QED) is 0.556. The van der Waals surface area contributed by atoms with Gasteiger partial charge in [0.1, 0.15) is 5.75 Å². The molecule has 0 aliphatic heterocycles. The van der Waals surface area contributed by atoms with Gasteiger partial charge in [-0.2, -0.15) is 0 Å². The summed E-state index contributed by atoms with van der Waals surface area (Å²) >= 11 is 0. The van der Waals surface area contributed by atoms with Crippen LogP contribution in [-0.2, 0) is 0 Å². The molecule has 0 atom stereocenters. The Morgan fingerprint density at radius 1 is 1.18 bits per heavy atom. The zero-order valence-corrected chi connectivity index (χ0v) is 7.10. The molecule has 60 valence electrons. The fraction of sp³-hybridized carbons (Fsp3) is 0.333. The minimum absolute atomic E-state index is 0.322. The summed E-state index contributed by atoms with van der Waals surface area (Å²) < 4.78 is 0. The molecular weight excluding hydrogens is 138 g/mol. The van der Waals surface area contributed by atoms with Gasteiger partial charge in [-0.3, -0.25) is 0 Å². The van der Waals surface area contributed by atoms with Crippen molar-refractivity contribution in [3.63, 3.8) is 0 Å². The molecule has 0 aliphatic rings. The molecule has 0 saturated heterocycles. The number of aryl methyl sites for hydroxylation is 1. The van der Waals surface area contributed by atoms with Crippen LogP contribution < -0.4 is 5.73 Å². The number of nitrogens with two attached hydrogens (primary N) is 1. The third kappa shape index (κ3) is 1.16. The number of aromatic hydroxyl groups is 1. The lowest BCUT2D eigenvalue weighted by atomic mass is 10.0. The molecule has 0 amide bonds. The molecule has 0 saturated carbocycles. The van der Waals surface area contributed by atoms with Crippen molar-refractivity contribution in [2.75, 3.05) is 5.73 Å². The van der Waals surface area contributed by atoms with Crippen molar-refractivity contribution in [1.82, 2.24) is 0 Å². The van der Waals surface area contributed by atoms with E-state index < -0.39 is 0 Å². The Bertz CT molecular complexity index is 266. The van der Waals surface area contributed by atoms with Crippen LogP contribution in [0.4, 0.5) is 5.69 Å². The van der Waals surface area contributed by atoms with E-state index in [1.54, 1.807) is 0 Å². The van der Waals surface area contributed by atoms with Gasteiger partial charge in [0.05, 0.1) is 0 Å². The van der Waals surface area contributed by atoms with E-state index in [0.29, 0.717) is 11.4 Å². The van der Waals surface area contributed by atoms with Crippen molar-refractivity contribution in [1.29, 1.82) is 0 Å². The highest BCUT2D eigenvalue weighted by molar-refractivity contribution is 5.58. The molecule has 1 aromatic carbocycles. The third-order valence-electron chi connectivity index (χ3n) is 2.11. The van der Waals surface area contributed by atoms with E-state index in [9.17, 15) is 5.11 Å². The minimum Gasteiger partial charge on any atom is -0.507 e. The Morgan fingerprint density at radius 2 is 1.73 bits per heavy atom. The molecule has 0 bridgehead atoms. The summed E-state index contributed by atoms with van der Waals surface area (Å²) in [5.41, 5.74) is 9.01. The second kappa shape index (κ2) is 2.46. The maximum Gasteiger partial charge on any atom is 0.123 e. The monoisotopic (exact) mass is 151 g/mol. The molecule has 11 heavy (non-hydrogen) atoms. The first-order valence-corrected chi connectivity index (χ1v) is 3.59. The summed E-state index contributed by atoms with van der Waals surface area (Å²) in [5.74, 6) is 0.322. The van der Waals surface area contributed by atoms with Crippen molar-refractivity contribution in [3.8, 4) is 5.75 Å². The second-order valence-electron chi connectivity index (χ2n) is 2.88. The summed E-state index contributed by atoms with van der Waals surface area (Å²) in [6.45, 7) is 5.64. The number of phenolic OH excluding ortho intramolecular Hbond substituents is 1. The van der Waals surface area contributed by atoms with Crippen LogP contribution in [0.15, 0.2) is 6.07 Å². The molecule has 0 fully saturated rings. The smallest absolute Gasteiger partial charge is 0.123 e. The number of anilines is 1. The highest BCUT2D eigenvalue weighted by Crippen LogP contribution is 2.28. The molecule has 1 rings (SSSR count). The van der Waals surface area contributed by atoms with Crippen LogP contribution in [0.5, 0.6) is 5.75 Å². The molecule has 0 radical (unpaired) electrons. The summed E-state index contributed by atoms with van der Waals surface area (Å²) in [5, 5.41) is 9.49. The van der Waals surface area contributed by atoms with Gasteiger partial charge in [0.15, 0.2) is 0 Å². The van der Waals surface area contributed by atoms with Gasteiger partial charge >= 0.3 is 0 Å². The van der Waals surface area contributed by atoms with Crippen LogP contribution in [0.1, 0.15) is 16.7 Å². The first-order valence-electron chi connectivity index (χ1n) is 3.59. The lowest BCUT2D eigenvalue weighted by Crippen LogP contribution is -1.93. The molecule has 0 unspecified atom stereocenters. The highest BCUT2D eigenvalue weighted by atomic mass is 16.3. The van der Waals surface area contributed by atoms with Crippen molar-refractivity contribution in [2.24, 2.45) is 0 Å². The summed E-state index contributed by atoms with van der Waals surface area (Å²) in [7, 11) is 0. The Morgan fingerprint density at radius 3 is 2.27 bits per heavy atom. The Kier molecular flexibility index (Phi) is 1.77. The van der Waals surface area contributed by atoms with E-state index >= 15 is 0 Å². The first kappa shape index (κ1) is 7.92. The Balaban J connectivity index is 3.46. The van der Waals surface area contributed by atoms with Gasteiger partial charge in [-0.05, 0) is 38.0 Å². The van der Waals surface area contributed by atoms with Crippen LogP contribution in [-0.4, -0.2) is 5.11 Å². The number of benzene rings is 1. The van der Waals surface area contributed by atoms with Crippen molar-refractivity contribution < 1.29 is 5.11 Å². The van der Waals surface area contributed by atoms with Crippen LogP contribution in [0.3, 0.4) is 0 Å². The van der Waals surface area contributed by atoms with E-state index in [-0.39, 0.29) is 0 Å². The molecule has 0 aliphatic carbocycles. The molecular formula is C9H13NO. The molecule has 1 aromatic rings. The van der Waals surface area contributed by atoms with E-state index in [1.165, 1.54) is 0 Å². The number of rotatable bonds is 0. The molecule has 3 N–H and O–H groups in total. The largest absolute Gasteiger partial charge is 0.507 e. The number of hydrogen-bond donors (Lipinski definition) is 2. The summed E-state index contributed by atoms with van der Waals surface area (Å²) in [6.07, 6.45) is 0. The number of nitrogen functional groups attached to an aromatic ring is 1.